The van der Waals surface area contributed by atoms with E-state index in [9.17, 15) is 0 Å². The Morgan fingerprint density at radius 3 is 0.419 bits per heavy atom. The zero-order valence-electron chi connectivity index (χ0n) is 25.1. The third-order valence-corrected chi connectivity index (χ3v) is 35.4. The van der Waals surface area contributed by atoms with Crippen molar-refractivity contribution in [2.75, 3.05) is 0 Å². The van der Waals surface area contributed by atoms with Crippen LogP contribution in [0.3, 0.4) is 0 Å². The predicted octanol–water partition coefficient (Wildman–Crippen LogP) is 10.8. The van der Waals surface area contributed by atoms with Crippen molar-refractivity contribution < 1.29 is 0 Å². The van der Waals surface area contributed by atoms with Crippen LogP contribution in [0.4, 0.5) is 0 Å². The smallest absolute Gasteiger partial charge is 0.123 e. The lowest BCUT2D eigenvalue weighted by molar-refractivity contribution is 0.581. The number of hydrogen-bond acceptors (Lipinski definition) is 1. The molecule has 0 radical (unpaired) electrons. The van der Waals surface area contributed by atoms with E-state index in [1.165, 1.54) is 0 Å². The molecule has 0 saturated carbocycles. The highest BCUT2D eigenvalue weighted by molar-refractivity contribution is 7.09. The van der Waals surface area contributed by atoms with E-state index in [0.29, 0.717) is 0 Å². The van der Waals surface area contributed by atoms with Crippen LogP contribution in [-0.2, 0) is 0 Å². The first kappa shape index (κ1) is 31.6. The minimum absolute atomic E-state index is 0.777. The summed E-state index contributed by atoms with van der Waals surface area (Å²) in [5.74, 6) is 0. The Labute approximate surface area is 202 Å². The summed E-state index contributed by atoms with van der Waals surface area (Å²) in [6.45, 7) is 47.0. The maximum atomic E-state index is 3.65. The molecular formula is C27H63NSi3. The molecule has 0 spiro atoms. The van der Waals surface area contributed by atoms with Gasteiger partial charge in [0.1, 0.15) is 24.7 Å². The van der Waals surface area contributed by atoms with E-state index >= 15 is 0 Å². The fraction of sp³-hybridized carbons (Fsp3) is 1.00. The molecular weight excluding hydrogens is 423 g/mol. The SMILES string of the molecule is CC(C)[Si](C(C)C)(C(C)C)N([Si](C(C)C)(C(C)C)C(C)C)[Si](C(C)C)(C(C)C)C(C)C. The van der Waals surface area contributed by atoms with Crippen LogP contribution >= 0.6 is 0 Å². The van der Waals surface area contributed by atoms with Gasteiger partial charge in [-0.25, -0.2) is 0 Å². The Balaban J connectivity index is 8.22. The largest absolute Gasteiger partial charge is 0.366 e. The van der Waals surface area contributed by atoms with Crippen molar-refractivity contribution in [3.05, 3.63) is 0 Å². The third kappa shape index (κ3) is 4.75. The fourth-order valence-corrected chi connectivity index (χ4v) is 48.0. The molecule has 0 aromatic carbocycles. The van der Waals surface area contributed by atoms with E-state index in [1.54, 1.807) is 0 Å². The molecule has 0 heterocycles. The van der Waals surface area contributed by atoms with E-state index < -0.39 is 24.7 Å². The Morgan fingerprint density at radius 2 is 0.355 bits per heavy atom. The van der Waals surface area contributed by atoms with E-state index in [4.69, 9.17) is 0 Å². The molecule has 1 nitrogen and oxygen atoms in total. The standard InChI is InChI=1S/C27H63NSi3/c1-19(2)29(20(3)4,21(5)6)28(30(22(7)8,23(9)10)24(11)12)31(25(13)14,26(15)16)27(17)18/h19-27H,1-18H3. The molecule has 0 bridgehead atoms. The predicted molar refractivity (Wildman–Crippen MR) is 155 cm³/mol. The van der Waals surface area contributed by atoms with Crippen molar-refractivity contribution in [1.82, 2.24) is 3.90 Å². The van der Waals surface area contributed by atoms with Gasteiger partial charge in [-0.1, -0.05) is 125 Å². The van der Waals surface area contributed by atoms with Crippen molar-refractivity contribution >= 4 is 24.7 Å². The molecule has 0 aromatic rings. The van der Waals surface area contributed by atoms with Crippen molar-refractivity contribution in [1.29, 1.82) is 0 Å². The summed E-state index contributed by atoms with van der Waals surface area (Å²) < 4.78 is 3.65. The molecule has 31 heavy (non-hydrogen) atoms. The number of nitrogens with zero attached hydrogens (tertiary/aromatic N) is 1. The van der Waals surface area contributed by atoms with Crippen molar-refractivity contribution in [3.63, 3.8) is 0 Å². The molecule has 0 N–H and O–H groups in total. The first-order valence-corrected chi connectivity index (χ1v) is 20.2. The van der Waals surface area contributed by atoms with Gasteiger partial charge in [0.15, 0.2) is 0 Å². The number of hydrogen-bond donors (Lipinski definition) is 0. The molecule has 0 aliphatic heterocycles. The van der Waals surface area contributed by atoms with E-state index in [-0.39, 0.29) is 0 Å². The molecule has 0 aliphatic rings. The zero-order chi connectivity index (χ0) is 25.3. The van der Waals surface area contributed by atoms with Crippen LogP contribution in [0.2, 0.25) is 49.9 Å². The van der Waals surface area contributed by atoms with Gasteiger partial charge in [-0.2, -0.15) is 0 Å². The second-order valence-electron chi connectivity index (χ2n) is 13.4. The third-order valence-electron chi connectivity index (χ3n) is 9.49. The Morgan fingerprint density at radius 1 is 0.258 bits per heavy atom. The molecule has 4 heteroatoms. The molecule has 0 saturated heterocycles. The average Bonchev–Trinajstić information content (AvgIpc) is 2.52. The van der Waals surface area contributed by atoms with Gasteiger partial charge in [-0.05, 0) is 49.9 Å². The molecule has 0 atom stereocenters. The first-order valence-electron chi connectivity index (χ1n) is 13.7. The van der Waals surface area contributed by atoms with Crippen LogP contribution in [0.15, 0.2) is 0 Å². The minimum Gasteiger partial charge on any atom is -0.366 e. The molecule has 0 unspecified atom stereocenters. The molecule has 188 valence electrons. The van der Waals surface area contributed by atoms with E-state index in [2.05, 4.69) is 129 Å². The van der Waals surface area contributed by atoms with Crippen molar-refractivity contribution in [2.24, 2.45) is 0 Å². The Kier molecular flexibility index (Phi) is 11.6. The summed E-state index contributed by atoms with van der Waals surface area (Å²) in [5, 5.41) is 0. The summed E-state index contributed by atoms with van der Waals surface area (Å²) in [5.41, 5.74) is 6.99. The van der Waals surface area contributed by atoms with E-state index in [1.807, 2.05) is 0 Å². The minimum atomic E-state index is -1.85. The monoisotopic (exact) mass is 485 g/mol. The van der Waals surface area contributed by atoms with Gasteiger partial charge in [-0.15, -0.1) is 0 Å². The van der Waals surface area contributed by atoms with Gasteiger partial charge in [0.25, 0.3) is 0 Å². The van der Waals surface area contributed by atoms with Gasteiger partial charge in [0, 0.05) is 0 Å². The molecule has 0 amide bonds. The maximum Gasteiger partial charge on any atom is 0.123 e. The number of rotatable bonds is 12. The van der Waals surface area contributed by atoms with Gasteiger partial charge < -0.3 is 3.90 Å². The van der Waals surface area contributed by atoms with Crippen LogP contribution in [0.1, 0.15) is 125 Å². The maximum absolute atomic E-state index is 3.65. The summed E-state index contributed by atoms with van der Waals surface area (Å²) in [4.78, 5) is 0. The second kappa shape index (κ2) is 11.4. The summed E-state index contributed by atoms with van der Waals surface area (Å²) in [6.07, 6.45) is 0. The Hall–Kier alpha value is 0.611. The van der Waals surface area contributed by atoms with E-state index in [0.717, 1.165) is 49.9 Å². The lowest BCUT2D eigenvalue weighted by Gasteiger charge is -2.71. The van der Waals surface area contributed by atoms with Crippen LogP contribution in [0.5, 0.6) is 0 Å². The highest BCUT2D eigenvalue weighted by Gasteiger charge is 2.67. The van der Waals surface area contributed by atoms with Crippen LogP contribution in [0.25, 0.3) is 0 Å². The van der Waals surface area contributed by atoms with Crippen LogP contribution in [0, 0.1) is 0 Å². The second-order valence-corrected chi connectivity index (χ2v) is 31.8. The highest BCUT2D eigenvalue weighted by atomic mass is 28.5. The van der Waals surface area contributed by atoms with Gasteiger partial charge >= 0.3 is 0 Å². The van der Waals surface area contributed by atoms with Gasteiger partial charge in [0.05, 0.1) is 0 Å². The molecule has 0 aliphatic carbocycles. The summed E-state index contributed by atoms with van der Waals surface area (Å²) >= 11 is 0. The average molecular weight is 486 g/mol. The van der Waals surface area contributed by atoms with Gasteiger partial charge in [-0.3, -0.25) is 0 Å². The highest BCUT2D eigenvalue weighted by Crippen LogP contribution is 2.61. The normalized spacial score (nSPS) is 15.1. The molecule has 0 rings (SSSR count). The van der Waals surface area contributed by atoms with Gasteiger partial charge in [0.2, 0.25) is 0 Å². The molecule has 0 aromatic heterocycles. The van der Waals surface area contributed by atoms with Crippen LogP contribution in [-0.4, -0.2) is 28.6 Å². The lowest BCUT2D eigenvalue weighted by atomic mass is 10.5. The topological polar surface area (TPSA) is 3.24 Å². The van der Waals surface area contributed by atoms with Crippen molar-refractivity contribution in [2.45, 2.75) is 174 Å². The Bertz CT molecular complexity index is 391. The van der Waals surface area contributed by atoms with Crippen molar-refractivity contribution in [3.8, 4) is 0 Å². The zero-order valence-corrected chi connectivity index (χ0v) is 28.1. The summed E-state index contributed by atoms with van der Waals surface area (Å²) in [6, 6.07) is 0. The molecule has 0 fully saturated rings. The van der Waals surface area contributed by atoms with Crippen LogP contribution < -0.4 is 0 Å². The lowest BCUT2D eigenvalue weighted by Crippen LogP contribution is -2.83. The summed E-state index contributed by atoms with van der Waals surface area (Å²) in [7, 11) is -5.54. The fourth-order valence-electron chi connectivity index (χ4n) is 9.33. The quantitative estimate of drug-likeness (QED) is 0.248. The first-order chi connectivity index (χ1) is 13.9.